The third kappa shape index (κ3) is 4.47. The Morgan fingerprint density at radius 2 is 2.04 bits per heavy atom. The van der Waals surface area contributed by atoms with Crippen molar-refractivity contribution in [3.63, 3.8) is 0 Å². The number of hydrogen-bond acceptors (Lipinski definition) is 5. The number of fused-ring (bicyclic) bond motifs is 1. The van der Waals surface area contributed by atoms with Crippen LogP contribution < -0.4 is 10.1 Å². The van der Waals surface area contributed by atoms with Crippen LogP contribution in [0.25, 0.3) is 0 Å². The molecule has 152 valence electrons. The van der Waals surface area contributed by atoms with Crippen LogP contribution in [0.4, 0.5) is 14.5 Å². The molecule has 0 fully saturated rings. The first kappa shape index (κ1) is 21.3. The topological polar surface area (TPSA) is 102 Å². The number of anilines is 1. The number of carboxylic acid groups (broad SMARTS) is 1. The number of carbonyl (C=O) groups excluding carboxylic acids is 2. The standard InChI is InChI=1S/C19H21F2NO6/c1-9(5-7-13(23)24)4-6-11-15(22-18(25)17(20)21)14-12(8-28-19(14)26)10(2)16(11)27-3/h4,17H,5-8H2,1-3H3,(H,22,25)(H,23,24). The van der Waals surface area contributed by atoms with Crippen LogP contribution >= 0.6 is 0 Å². The predicted molar refractivity (Wildman–Crippen MR) is 95.8 cm³/mol. The van der Waals surface area contributed by atoms with Crippen LogP contribution in [0.1, 0.15) is 46.8 Å². The molecule has 1 aliphatic rings. The van der Waals surface area contributed by atoms with E-state index in [1.807, 2.05) is 0 Å². The minimum absolute atomic E-state index is 0.0400. The molecule has 1 aromatic carbocycles. The molecule has 0 saturated carbocycles. The van der Waals surface area contributed by atoms with E-state index in [-0.39, 0.29) is 30.7 Å². The first-order valence-electron chi connectivity index (χ1n) is 8.53. The summed E-state index contributed by atoms with van der Waals surface area (Å²) in [5.41, 5.74) is 2.18. The molecule has 0 atom stereocenters. The summed E-state index contributed by atoms with van der Waals surface area (Å²) in [6, 6.07) is 0. The van der Waals surface area contributed by atoms with Crippen LogP contribution in [0.15, 0.2) is 11.6 Å². The van der Waals surface area contributed by atoms with Gasteiger partial charge in [0.25, 0.3) is 5.91 Å². The number of nitrogens with one attached hydrogen (secondary N) is 1. The van der Waals surface area contributed by atoms with Crippen molar-refractivity contribution in [3.05, 3.63) is 33.9 Å². The SMILES string of the molecule is COc1c(C)c2c(c(NC(=O)C(F)F)c1CC=C(C)CCC(=O)O)C(=O)OC2. The van der Waals surface area contributed by atoms with E-state index in [9.17, 15) is 23.2 Å². The first-order valence-corrected chi connectivity index (χ1v) is 8.53. The number of amides is 1. The third-order valence-electron chi connectivity index (χ3n) is 4.51. The molecule has 0 unspecified atom stereocenters. The van der Waals surface area contributed by atoms with Crippen molar-refractivity contribution in [2.45, 2.75) is 46.1 Å². The Hall–Kier alpha value is -2.97. The summed E-state index contributed by atoms with van der Waals surface area (Å²) in [5.74, 6) is -2.84. The van der Waals surface area contributed by atoms with Crippen LogP contribution in [0, 0.1) is 6.92 Å². The summed E-state index contributed by atoms with van der Waals surface area (Å²) in [7, 11) is 1.40. The normalized spacial score (nSPS) is 13.4. The Morgan fingerprint density at radius 1 is 1.36 bits per heavy atom. The molecule has 1 heterocycles. The lowest BCUT2D eigenvalue weighted by molar-refractivity contribution is -0.137. The van der Waals surface area contributed by atoms with Gasteiger partial charge in [0, 0.05) is 17.5 Å². The molecular weight excluding hydrogens is 376 g/mol. The van der Waals surface area contributed by atoms with E-state index in [2.05, 4.69) is 5.32 Å². The molecule has 1 aliphatic heterocycles. The molecule has 9 heteroatoms. The first-order chi connectivity index (χ1) is 13.2. The van der Waals surface area contributed by atoms with Crippen molar-refractivity contribution in [1.29, 1.82) is 0 Å². The van der Waals surface area contributed by atoms with Crippen molar-refractivity contribution >= 4 is 23.5 Å². The highest BCUT2D eigenvalue weighted by Crippen LogP contribution is 2.41. The summed E-state index contributed by atoms with van der Waals surface area (Å²) in [5, 5.41) is 10.9. The monoisotopic (exact) mass is 397 g/mol. The van der Waals surface area contributed by atoms with E-state index in [0.717, 1.165) is 5.57 Å². The largest absolute Gasteiger partial charge is 0.496 e. The Bertz CT molecular complexity index is 848. The van der Waals surface area contributed by atoms with Crippen LogP contribution in [0.5, 0.6) is 5.75 Å². The van der Waals surface area contributed by atoms with E-state index >= 15 is 0 Å². The van der Waals surface area contributed by atoms with Crippen molar-refractivity contribution in [2.24, 2.45) is 0 Å². The van der Waals surface area contributed by atoms with Gasteiger partial charge < -0.3 is 19.9 Å². The number of aliphatic carboxylic acids is 1. The average Bonchev–Trinajstić information content (AvgIpc) is 3.02. The smallest absolute Gasteiger partial charge is 0.341 e. The molecule has 0 saturated heterocycles. The quantitative estimate of drug-likeness (QED) is 0.516. The van der Waals surface area contributed by atoms with Gasteiger partial charge in [-0.2, -0.15) is 8.78 Å². The van der Waals surface area contributed by atoms with Gasteiger partial charge in [0.05, 0.1) is 18.4 Å². The minimum Gasteiger partial charge on any atom is -0.496 e. The molecule has 7 nitrogen and oxygen atoms in total. The van der Waals surface area contributed by atoms with Crippen LogP contribution in [-0.4, -0.2) is 36.5 Å². The fourth-order valence-corrected chi connectivity index (χ4v) is 3.05. The number of halogens is 2. The summed E-state index contributed by atoms with van der Waals surface area (Å²) in [6.45, 7) is 3.41. The molecule has 0 aliphatic carbocycles. The highest BCUT2D eigenvalue weighted by molar-refractivity contribution is 6.06. The molecule has 1 aromatic rings. The lowest BCUT2D eigenvalue weighted by atomic mass is 9.93. The van der Waals surface area contributed by atoms with Crippen molar-refractivity contribution < 1.29 is 37.7 Å². The number of benzene rings is 1. The second-order valence-electron chi connectivity index (χ2n) is 6.38. The molecule has 1 amide bonds. The van der Waals surface area contributed by atoms with Crippen LogP contribution in [0.2, 0.25) is 0 Å². The number of hydrogen-bond donors (Lipinski definition) is 2. The van der Waals surface area contributed by atoms with Gasteiger partial charge in [-0.05, 0) is 32.3 Å². The van der Waals surface area contributed by atoms with E-state index in [4.69, 9.17) is 14.6 Å². The second-order valence-corrected chi connectivity index (χ2v) is 6.38. The van der Waals surface area contributed by atoms with E-state index < -0.39 is 24.3 Å². The number of esters is 1. The van der Waals surface area contributed by atoms with Gasteiger partial charge in [-0.15, -0.1) is 0 Å². The zero-order valence-electron chi connectivity index (χ0n) is 15.7. The molecule has 0 spiro atoms. The van der Waals surface area contributed by atoms with Gasteiger partial charge >= 0.3 is 18.4 Å². The predicted octanol–water partition coefficient (Wildman–Crippen LogP) is 3.23. The number of alkyl halides is 2. The summed E-state index contributed by atoms with van der Waals surface area (Å²) in [4.78, 5) is 34.5. The average molecular weight is 397 g/mol. The zero-order valence-corrected chi connectivity index (χ0v) is 15.7. The number of allylic oxidation sites excluding steroid dienone is 2. The van der Waals surface area contributed by atoms with Crippen LogP contribution in [-0.2, 0) is 27.4 Å². The van der Waals surface area contributed by atoms with Crippen molar-refractivity contribution in [2.75, 3.05) is 12.4 Å². The number of carbonyl (C=O) groups is 3. The fraction of sp³-hybridized carbons (Fsp3) is 0.421. The summed E-state index contributed by atoms with van der Waals surface area (Å²) >= 11 is 0. The van der Waals surface area contributed by atoms with Gasteiger partial charge in [0.1, 0.15) is 12.4 Å². The van der Waals surface area contributed by atoms with Crippen LogP contribution in [0.3, 0.4) is 0 Å². The fourth-order valence-electron chi connectivity index (χ4n) is 3.05. The number of cyclic esters (lactones) is 1. The molecule has 0 bridgehead atoms. The molecule has 28 heavy (non-hydrogen) atoms. The lowest BCUT2D eigenvalue weighted by Crippen LogP contribution is -2.23. The number of carboxylic acids is 1. The van der Waals surface area contributed by atoms with Gasteiger partial charge in [-0.25, -0.2) is 4.79 Å². The Balaban J connectivity index is 2.55. The van der Waals surface area contributed by atoms with E-state index in [1.54, 1.807) is 19.9 Å². The highest BCUT2D eigenvalue weighted by atomic mass is 19.3. The lowest BCUT2D eigenvalue weighted by Gasteiger charge is -2.19. The molecule has 0 aromatic heterocycles. The minimum atomic E-state index is -3.26. The van der Waals surface area contributed by atoms with Gasteiger partial charge in [-0.3, -0.25) is 9.59 Å². The number of ether oxygens (including phenoxy) is 2. The van der Waals surface area contributed by atoms with Crippen molar-refractivity contribution in [3.8, 4) is 5.75 Å². The maximum Gasteiger partial charge on any atom is 0.341 e. The molecule has 2 N–H and O–H groups in total. The molecule has 0 radical (unpaired) electrons. The van der Waals surface area contributed by atoms with Crippen molar-refractivity contribution in [1.82, 2.24) is 0 Å². The third-order valence-corrected chi connectivity index (χ3v) is 4.51. The van der Waals surface area contributed by atoms with E-state index in [1.165, 1.54) is 7.11 Å². The zero-order chi connectivity index (χ0) is 21.0. The maximum absolute atomic E-state index is 12.8. The highest BCUT2D eigenvalue weighted by Gasteiger charge is 2.33. The molecule has 2 rings (SSSR count). The summed E-state index contributed by atoms with van der Waals surface area (Å²) in [6.07, 6.45) is -1.15. The maximum atomic E-state index is 12.8. The summed E-state index contributed by atoms with van der Waals surface area (Å²) < 4.78 is 36.1. The second kappa shape index (κ2) is 8.81. The Kier molecular flexibility index (Phi) is 6.71. The number of rotatable bonds is 8. The Labute approximate surface area is 160 Å². The van der Waals surface area contributed by atoms with Gasteiger partial charge in [-0.1, -0.05) is 11.6 Å². The number of methoxy groups -OCH3 is 1. The van der Waals surface area contributed by atoms with Gasteiger partial charge in [0.15, 0.2) is 0 Å². The Morgan fingerprint density at radius 3 is 2.61 bits per heavy atom. The van der Waals surface area contributed by atoms with Gasteiger partial charge in [0.2, 0.25) is 0 Å². The van der Waals surface area contributed by atoms with E-state index in [0.29, 0.717) is 28.9 Å². The molecular formula is C19H21F2NO6.